The highest BCUT2D eigenvalue weighted by atomic mass is 35.5. The highest BCUT2D eigenvalue weighted by Crippen LogP contribution is 2.30. The molecule has 3 rings (SSSR count). The van der Waals surface area contributed by atoms with Crippen molar-refractivity contribution in [1.82, 2.24) is 10.3 Å². The van der Waals surface area contributed by atoms with Crippen molar-refractivity contribution in [2.45, 2.75) is 19.4 Å². The Hall–Kier alpha value is -2.68. The van der Waals surface area contributed by atoms with Gasteiger partial charge in [-0.3, -0.25) is 4.79 Å². The molecule has 0 spiro atoms. The highest BCUT2D eigenvalue weighted by molar-refractivity contribution is 7.13. The first-order valence-corrected chi connectivity index (χ1v) is 9.31. The van der Waals surface area contributed by atoms with Gasteiger partial charge in [0.25, 0.3) is 0 Å². The van der Waals surface area contributed by atoms with Crippen LogP contribution in [0.2, 0.25) is 5.02 Å². The molecule has 26 heavy (non-hydrogen) atoms. The third-order valence-electron chi connectivity index (χ3n) is 3.91. The first kappa shape index (κ1) is 18.1. The number of nitriles is 1. The van der Waals surface area contributed by atoms with E-state index < -0.39 is 0 Å². The lowest BCUT2D eigenvalue weighted by Gasteiger charge is -2.14. The van der Waals surface area contributed by atoms with Gasteiger partial charge in [0.15, 0.2) is 0 Å². The smallest absolute Gasteiger partial charge is 0.226 e. The van der Waals surface area contributed by atoms with Crippen molar-refractivity contribution < 1.29 is 4.79 Å². The lowest BCUT2D eigenvalue weighted by molar-refractivity contribution is -0.121. The van der Waals surface area contributed by atoms with Gasteiger partial charge >= 0.3 is 0 Å². The van der Waals surface area contributed by atoms with Crippen molar-refractivity contribution in [3.63, 3.8) is 0 Å². The predicted octanol–water partition coefficient (Wildman–Crippen LogP) is 4.76. The Morgan fingerprint density at radius 2 is 2.00 bits per heavy atom. The molecule has 0 aliphatic heterocycles. The SMILES string of the molecule is CC(NC(=O)Cc1csc(-c2ccccc2Cl)n1)c1ccc(C#N)cc1. The summed E-state index contributed by atoms with van der Waals surface area (Å²) in [4.78, 5) is 16.8. The Morgan fingerprint density at radius 1 is 1.27 bits per heavy atom. The Kier molecular flexibility index (Phi) is 5.67. The normalized spacial score (nSPS) is 11.6. The molecule has 1 aromatic heterocycles. The van der Waals surface area contributed by atoms with Gasteiger partial charge in [0.1, 0.15) is 5.01 Å². The van der Waals surface area contributed by atoms with Gasteiger partial charge in [-0.15, -0.1) is 11.3 Å². The summed E-state index contributed by atoms with van der Waals surface area (Å²) in [7, 11) is 0. The lowest BCUT2D eigenvalue weighted by Crippen LogP contribution is -2.28. The number of halogens is 1. The summed E-state index contributed by atoms with van der Waals surface area (Å²) in [5.74, 6) is -0.0992. The van der Waals surface area contributed by atoms with E-state index in [1.165, 1.54) is 11.3 Å². The molecular weight excluding hydrogens is 366 g/mol. The Morgan fingerprint density at radius 3 is 2.69 bits per heavy atom. The summed E-state index contributed by atoms with van der Waals surface area (Å²) >= 11 is 7.67. The standard InChI is InChI=1S/C20H16ClN3OS/c1-13(15-8-6-14(11-22)7-9-15)23-19(25)10-16-12-26-20(24-16)17-4-2-3-5-18(17)21/h2-9,12-13H,10H2,1H3,(H,23,25). The second-order valence-corrected chi connectivity index (χ2v) is 7.09. The van der Waals surface area contributed by atoms with Crippen LogP contribution in [-0.2, 0) is 11.2 Å². The third-order valence-corrected chi connectivity index (χ3v) is 5.17. The molecule has 0 aliphatic carbocycles. The molecular formula is C20H16ClN3OS. The zero-order chi connectivity index (χ0) is 18.5. The summed E-state index contributed by atoms with van der Waals surface area (Å²) in [6.45, 7) is 1.91. The molecule has 0 radical (unpaired) electrons. The van der Waals surface area contributed by atoms with E-state index in [1.807, 2.05) is 48.7 Å². The lowest BCUT2D eigenvalue weighted by atomic mass is 10.1. The minimum absolute atomic E-state index is 0.0992. The van der Waals surface area contributed by atoms with Crippen LogP contribution in [0.5, 0.6) is 0 Å². The maximum absolute atomic E-state index is 12.3. The number of nitrogens with one attached hydrogen (secondary N) is 1. The zero-order valence-electron chi connectivity index (χ0n) is 14.1. The molecule has 4 nitrogen and oxygen atoms in total. The molecule has 0 saturated carbocycles. The fourth-order valence-electron chi connectivity index (χ4n) is 2.53. The number of nitrogens with zero attached hydrogens (tertiary/aromatic N) is 2. The van der Waals surface area contributed by atoms with E-state index >= 15 is 0 Å². The summed E-state index contributed by atoms with van der Waals surface area (Å²) in [5.41, 5.74) is 3.14. The first-order valence-electron chi connectivity index (χ1n) is 8.05. The van der Waals surface area contributed by atoms with Gasteiger partial charge in [-0.2, -0.15) is 5.26 Å². The van der Waals surface area contributed by atoms with Gasteiger partial charge in [0.2, 0.25) is 5.91 Å². The molecule has 0 saturated heterocycles. The molecule has 1 unspecified atom stereocenters. The number of thiazole rings is 1. The van der Waals surface area contributed by atoms with E-state index in [1.54, 1.807) is 12.1 Å². The highest BCUT2D eigenvalue weighted by Gasteiger charge is 2.13. The molecule has 0 fully saturated rings. The quantitative estimate of drug-likeness (QED) is 0.693. The van der Waals surface area contributed by atoms with E-state index in [2.05, 4.69) is 16.4 Å². The fourth-order valence-corrected chi connectivity index (χ4v) is 3.67. The number of benzene rings is 2. The van der Waals surface area contributed by atoms with E-state index in [0.29, 0.717) is 10.6 Å². The molecule has 6 heteroatoms. The van der Waals surface area contributed by atoms with Gasteiger partial charge in [-0.25, -0.2) is 4.98 Å². The third kappa shape index (κ3) is 4.29. The van der Waals surface area contributed by atoms with Crippen molar-refractivity contribution in [3.8, 4) is 16.6 Å². The van der Waals surface area contributed by atoms with Gasteiger partial charge in [-0.05, 0) is 30.7 Å². The maximum atomic E-state index is 12.3. The summed E-state index contributed by atoms with van der Waals surface area (Å²) in [5, 5.41) is 15.1. The van der Waals surface area contributed by atoms with Crippen molar-refractivity contribution >= 4 is 28.8 Å². The average Bonchev–Trinajstić information content (AvgIpc) is 3.10. The maximum Gasteiger partial charge on any atom is 0.226 e. The molecule has 2 aromatic carbocycles. The van der Waals surface area contributed by atoms with Crippen LogP contribution < -0.4 is 5.32 Å². The minimum Gasteiger partial charge on any atom is -0.349 e. The number of aromatic nitrogens is 1. The van der Waals surface area contributed by atoms with E-state index in [-0.39, 0.29) is 18.4 Å². The fraction of sp³-hybridized carbons (Fsp3) is 0.150. The molecule has 1 heterocycles. The van der Waals surface area contributed by atoms with Gasteiger partial charge in [0, 0.05) is 10.9 Å². The van der Waals surface area contributed by atoms with Crippen molar-refractivity contribution in [3.05, 3.63) is 75.8 Å². The topological polar surface area (TPSA) is 65.8 Å². The average molecular weight is 382 g/mol. The van der Waals surface area contributed by atoms with Crippen LogP contribution >= 0.6 is 22.9 Å². The second-order valence-electron chi connectivity index (χ2n) is 5.82. The molecule has 0 bridgehead atoms. The van der Waals surface area contributed by atoms with E-state index in [0.717, 1.165) is 21.8 Å². The van der Waals surface area contributed by atoms with Crippen LogP contribution in [-0.4, -0.2) is 10.9 Å². The molecule has 1 N–H and O–H groups in total. The van der Waals surface area contributed by atoms with Crippen molar-refractivity contribution in [2.75, 3.05) is 0 Å². The monoisotopic (exact) mass is 381 g/mol. The van der Waals surface area contributed by atoms with Crippen LogP contribution in [0.4, 0.5) is 0 Å². The van der Waals surface area contributed by atoms with Crippen LogP contribution in [0.15, 0.2) is 53.9 Å². The van der Waals surface area contributed by atoms with E-state index in [4.69, 9.17) is 16.9 Å². The van der Waals surface area contributed by atoms with Gasteiger partial charge < -0.3 is 5.32 Å². The molecule has 1 amide bonds. The van der Waals surface area contributed by atoms with Gasteiger partial charge in [-0.1, -0.05) is 41.9 Å². The largest absolute Gasteiger partial charge is 0.349 e. The molecule has 0 aliphatic rings. The van der Waals surface area contributed by atoms with Crippen molar-refractivity contribution in [2.24, 2.45) is 0 Å². The zero-order valence-corrected chi connectivity index (χ0v) is 15.6. The van der Waals surface area contributed by atoms with Crippen LogP contribution in [0.3, 0.4) is 0 Å². The number of hydrogen-bond acceptors (Lipinski definition) is 4. The number of amides is 1. The minimum atomic E-state index is -0.142. The second kappa shape index (κ2) is 8.13. The number of carbonyl (C=O) groups is 1. The Balaban J connectivity index is 1.63. The van der Waals surface area contributed by atoms with Crippen molar-refractivity contribution in [1.29, 1.82) is 5.26 Å². The number of rotatable bonds is 5. The number of carbonyl (C=O) groups excluding carboxylic acids is 1. The Bertz CT molecular complexity index is 960. The molecule has 130 valence electrons. The van der Waals surface area contributed by atoms with Crippen LogP contribution in [0.25, 0.3) is 10.6 Å². The van der Waals surface area contributed by atoms with Crippen LogP contribution in [0.1, 0.15) is 29.8 Å². The molecule has 3 aromatic rings. The van der Waals surface area contributed by atoms with Crippen LogP contribution in [0, 0.1) is 11.3 Å². The Labute approximate surface area is 161 Å². The first-order chi connectivity index (χ1) is 12.6. The summed E-state index contributed by atoms with van der Waals surface area (Å²) in [6.07, 6.45) is 0.210. The molecule has 1 atom stereocenters. The summed E-state index contributed by atoms with van der Waals surface area (Å²) in [6, 6.07) is 16.6. The van der Waals surface area contributed by atoms with E-state index in [9.17, 15) is 4.79 Å². The predicted molar refractivity (Wildman–Crippen MR) is 104 cm³/mol. The number of hydrogen-bond donors (Lipinski definition) is 1. The summed E-state index contributed by atoms with van der Waals surface area (Å²) < 4.78 is 0. The van der Waals surface area contributed by atoms with Gasteiger partial charge in [0.05, 0.1) is 34.8 Å².